The Hall–Kier alpha value is -3.11. The molecular weight excluding hydrogens is 451 g/mol. The molecule has 0 atom stereocenters. The maximum Gasteiger partial charge on any atom is 0.418 e. The van der Waals surface area contributed by atoms with Crippen LogP contribution in [0.2, 0.25) is 5.02 Å². The predicted octanol–water partition coefficient (Wildman–Crippen LogP) is 5.22. The van der Waals surface area contributed by atoms with Gasteiger partial charge in [0.1, 0.15) is 11.4 Å². The second-order valence-electron chi connectivity index (χ2n) is 6.31. The van der Waals surface area contributed by atoms with E-state index in [9.17, 15) is 18.0 Å². The zero-order chi connectivity index (χ0) is 22.0. The Morgan fingerprint density at radius 2 is 1.87 bits per heavy atom. The quantitative estimate of drug-likeness (QED) is 0.324. The topological polar surface area (TPSA) is 72.7 Å². The fraction of sp³-hybridized carbons (Fsp3) is 0.100. The van der Waals surface area contributed by atoms with Crippen LogP contribution >= 0.6 is 23.4 Å². The monoisotopic (exact) mass is 463 g/mol. The molecule has 2 aromatic carbocycles. The molecule has 4 aromatic rings. The number of carbonyl (C=O) groups is 1. The summed E-state index contributed by atoms with van der Waals surface area (Å²) in [5, 5.41) is 7.50. The summed E-state index contributed by atoms with van der Waals surface area (Å²) in [5.74, 6) is -0.823. The fourth-order valence-electron chi connectivity index (χ4n) is 2.89. The Kier molecular flexibility index (Phi) is 5.84. The van der Waals surface area contributed by atoms with E-state index in [0.717, 1.165) is 23.5 Å². The van der Waals surface area contributed by atoms with Gasteiger partial charge in [0.15, 0.2) is 5.65 Å². The van der Waals surface area contributed by atoms with Crippen LogP contribution in [0.15, 0.2) is 66.1 Å². The van der Waals surface area contributed by atoms with E-state index in [4.69, 9.17) is 11.6 Å². The van der Waals surface area contributed by atoms with Crippen molar-refractivity contribution in [3.05, 3.63) is 71.6 Å². The van der Waals surface area contributed by atoms with Crippen LogP contribution in [-0.4, -0.2) is 31.4 Å². The number of rotatable bonds is 5. The highest BCUT2D eigenvalue weighted by Gasteiger charge is 2.34. The van der Waals surface area contributed by atoms with Crippen molar-refractivity contribution in [2.24, 2.45) is 0 Å². The summed E-state index contributed by atoms with van der Waals surface area (Å²) in [6, 6.07) is 12.7. The minimum Gasteiger partial charge on any atom is -0.324 e. The summed E-state index contributed by atoms with van der Waals surface area (Å²) < 4.78 is 41.3. The number of anilines is 1. The SMILES string of the molecule is O=C(CSc1ncnc2c1cnn2-c1ccccc1)Nc1c(Cl)cccc1C(F)(F)F. The standard InChI is InChI=1S/C20H13ClF3N5OS/c21-15-8-4-7-14(20(22,23)24)17(15)28-16(30)10-31-19-13-9-27-29(18(13)25-11-26-19)12-5-2-1-3-6-12/h1-9,11H,10H2,(H,28,30). The molecule has 2 heterocycles. The van der Waals surface area contributed by atoms with Gasteiger partial charge in [0.25, 0.3) is 0 Å². The third kappa shape index (κ3) is 4.49. The first-order valence-electron chi connectivity index (χ1n) is 8.87. The Bertz CT molecular complexity index is 1250. The molecule has 0 saturated heterocycles. The van der Waals surface area contributed by atoms with Gasteiger partial charge in [-0.1, -0.05) is 47.6 Å². The van der Waals surface area contributed by atoms with Gasteiger partial charge < -0.3 is 5.32 Å². The van der Waals surface area contributed by atoms with Crippen LogP contribution in [0.5, 0.6) is 0 Å². The van der Waals surface area contributed by atoms with Gasteiger partial charge in [0.2, 0.25) is 5.91 Å². The fourth-order valence-corrected chi connectivity index (χ4v) is 3.88. The van der Waals surface area contributed by atoms with Crippen LogP contribution in [0, 0.1) is 0 Å². The third-order valence-electron chi connectivity index (χ3n) is 4.25. The van der Waals surface area contributed by atoms with Crippen molar-refractivity contribution in [2.75, 3.05) is 11.1 Å². The zero-order valence-corrected chi connectivity index (χ0v) is 17.2. The number of carbonyl (C=O) groups excluding carboxylic acids is 1. The number of nitrogens with one attached hydrogen (secondary N) is 1. The molecule has 2 aromatic heterocycles. The number of aromatic nitrogens is 4. The number of thioether (sulfide) groups is 1. The number of fused-ring (bicyclic) bond motifs is 1. The van der Waals surface area contributed by atoms with Crippen LogP contribution in [-0.2, 0) is 11.0 Å². The lowest BCUT2D eigenvalue weighted by molar-refractivity contribution is -0.137. The number of alkyl halides is 3. The average molecular weight is 464 g/mol. The van der Waals surface area contributed by atoms with Crippen LogP contribution in [0.1, 0.15) is 5.56 Å². The van der Waals surface area contributed by atoms with E-state index in [2.05, 4.69) is 20.4 Å². The molecular formula is C20H13ClF3N5OS. The Balaban J connectivity index is 1.53. The highest BCUT2D eigenvalue weighted by molar-refractivity contribution is 8.00. The number of halogens is 4. The lowest BCUT2D eigenvalue weighted by Crippen LogP contribution is -2.18. The van der Waals surface area contributed by atoms with Crippen molar-refractivity contribution in [2.45, 2.75) is 11.2 Å². The van der Waals surface area contributed by atoms with Crippen molar-refractivity contribution >= 4 is 46.0 Å². The number of hydrogen-bond donors (Lipinski definition) is 1. The smallest absolute Gasteiger partial charge is 0.324 e. The molecule has 0 aliphatic heterocycles. The highest BCUT2D eigenvalue weighted by atomic mass is 35.5. The molecule has 1 amide bonds. The normalized spacial score (nSPS) is 11.6. The molecule has 31 heavy (non-hydrogen) atoms. The molecule has 0 unspecified atom stereocenters. The number of amides is 1. The molecule has 0 aliphatic carbocycles. The van der Waals surface area contributed by atoms with Gasteiger partial charge in [-0.2, -0.15) is 18.3 Å². The van der Waals surface area contributed by atoms with Crippen LogP contribution < -0.4 is 5.32 Å². The van der Waals surface area contributed by atoms with Crippen LogP contribution in [0.4, 0.5) is 18.9 Å². The van der Waals surface area contributed by atoms with Gasteiger partial charge in [-0.25, -0.2) is 14.6 Å². The van der Waals surface area contributed by atoms with Crippen molar-refractivity contribution in [1.82, 2.24) is 19.7 Å². The predicted molar refractivity (Wildman–Crippen MR) is 112 cm³/mol. The Morgan fingerprint density at radius 1 is 1.10 bits per heavy atom. The molecule has 0 aliphatic rings. The molecule has 1 N–H and O–H groups in total. The van der Waals surface area contributed by atoms with Gasteiger partial charge in [0.05, 0.1) is 39.3 Å². The molecule has 0 fully saturated rings. The zero-order valence-electron chi connectivity index (χ0n) is 15.6. The molecule has 0 saturated carbocycles. The number of hydrogen-bond acceptors (Lipinski definition) is 5. The van der Waals surface area contributed by atoms with E-state index >= 15 is 0 Å². The summed E-state index contributed by atoms with van der Waals surface area (Å²) in [5.41, 5.74) is -0.114. The highest BCUT2D eigenvalue weighted by Crippen LogP contribution is 2.38. The minimum absolute atomic E-state index is 0.175. The molecule has 11 heteroatoms. The summed E-state index contributed by atoms with van der Waals surface area (Å²) in [7, 11) is 0. The molecule has 158 valence electrons. The van der Waals surface area contributed by atoms with E-state index in [1.54, 1.807) is 10.9 Å². The maximum absolute atomic E-state index is 13.2. The molecule has 4 rings (SSSR count). The molecule has 0 radical (unpaired) electrons. The number of benzene rings is 2. The molecule has 0 bridgehead atoms. The first-order valence-corrected chi connectivity index (χ1v) is 10.2. The van der Waals surface area contributed by atoms with Crippen molar-refractivity contribution in [1.29, 1.82) is 0 Å². The van der Waals surface area contributed by atoms with Gasteiger partial charge in [0, 0.05) is 0 Å². The molecule has 0 spiro atoms. The maximum atomic E-state index is 13.2. The van der Waals surface area contributed by atoms with Crippen LogP contribution in [0.3, 0.4) is 0 Å². The van der Waals surface area contributed by atoms with E-state index < -0.39 is 23.3 Å². The summed E-state index contributed by atoms with van der Waals surface area (Å²) in [6.07, 6.45) is -1.72. The lowest BCUT2D eigenvalue weighted by atomic mass is 10.1. The van der Waals surface area contributed by atoms with Gasteiger partial charge in [-0.15, -0.1) is 0 Å². The summed E-state index contributed by atoms with van der Waals surface area (Å²) in [6.45, 7) is 0. The lowest BCUT2D eigenvalue weighted by Gasteiger charge is -2.15. The largest absolute Gasteiger partial charge is 0.418 e. The van der Waals surface area contributed by atoms with Gasteiger partial charge in [-0.05, 0) is 24.3 Å². The number of nitrogens with zero attached hydrogens (tertiary/aromatic N) is 4. The average Bonchev–Trinajstić information content (AvgIpc) is 3.18. The van der Waals surface area contributed by atoms with E-state index in [1.165, 1.54) is 18.5 Å². The summed E-state index contributed by atoms with van der Waals surface area (Å²) >= 11 is 6.95. The minimum atomic E-state index is -4.65. The Morgan fingerprint density at radius 3 is 2.61 bits per heavy atom. The van der Waals surface area contributed by atoms with E-state index in [-0.39, 0.29) is 10.8 Å². The third-order valence-corrected chi connectivity index (χ3v) is 5.57. The summed E-state index contributed by atoms with van der Waals surface area (Å²) in [4.78, 5) is 20.8. The van der Waals surface area contributed by atoms with Crippen molar-refractivity contribution < 1.29 is 18.0 Å². The second kappa shape index (κ2) is 8.56. The first-order chi connectivity index (χ1) is 14.8. The van der Waals surface area contributed by atoms with Crippen molar-refractivity contribution in [3.8, 4) is 5.69 Å². The van der Waals surface area contributed by atoms with Crippen molar-refractivity contribution in [3.63, 3.8) is 0 Å². The molecule has 6 nitrogen and oxygen atoms in total. The first kappa shape index (κ1) is 21.1. The second-order valence-corrected chi connectivity index (χ2v) is 7.68. The number of para-hydroxylation sites is 2. The van der Waals surface area contributed by atoms with E-state index in [0.29, 0.717) is 16.1 Å². The van der Waals surface area contributed by atoms with Crippen LogP contribution in [0.25, 0.3) is 16.7 Å². The van der Waals surface area contributed by atoms with E-state index in [1.807, 2.05) is 30.3 Å². The Labute approximate surface area is 183 Å². The van der Waals surface area contributed by atoms with Gasteiger partial charge in [-0.3, -0.25) is 4.79 Å². The van der Waals surface area contributed by atoms with Gasteiger partial charge >= 0.3 is 6.18 Å².